The maximum atomic E-state index is 14.6. The molecule has 0 spiro atoms. The van der Waals surface area contributed by atoms with Gasteiger partial charge in [0.15, 0.2) is 0 Å². The van der Waals surface area contributed by atoms with Gasteiger partial charge in [0.05, 0.1) is 35.6 Å². The monoisotopic (exact) mass is 447 g/mol. The van der Waals surface area contributed by atoms with Gasteiger partial charge >= 0.3 is 0 Å². The minimum absolute atomic E-state index is 0.0355. The number of nitrogens with zero attached hydrogens (tertiary/aromatic N) is 3. The molecule has 1 amide bonds. The van der Waals surface area contributed by atoms with Crippen LogP contribution in [0.1, 0.15) is 17.5 Å². The molecule has 0 unspecified atom stereocenters. The minimum atomic E-state index is -0.311. The van der Waals surface area contributed by atoms with Gasteiger partial charge in [0.2, 0.25) is 5.91 Å². The van der Waals surface area contributed by atoms with Gasteiger partial charge in [-0.2, -0.15) is 5.10 Å². The van der Waals surface area contributed by atoms with E-state index in [1.54, 1.807) is 20.1 Å². The Morgan fingerprint density at radius 1 is 1.12 bits per heavy atom. The summed E-state index contributed by atoms with van der Waals surface area (Å²) in [5, 5.41) is 4.10. The van der Waals surface area contributed by atoms with Crippen LogP contribution in [0.25, 0.3) is 11.1 Å². The second-order valence-corrected chi connectivity index (χ2v) is 7.02. The number of aromatic nitrogens is 2. The number of hydrogen-bond donors (Lipinski definition) is 0. The molecule has 2 aromatic carbocycles. The smallest absolute Gasteiger partial charge is 0.227 e. The Kier molecular flexibility index (Phi) is 4.29. The highest BCUT2D eigenvalue weighted by Gasteiger charge is 2.24. The number of halogens is 2. The zero-order valence-electron chi connectivity index (χ0n) is 13.3. The number of carbonyl (C=O) groups excluding carboxylic acids is 1. The number of carbonyl (C=O) groups is 1. The Morgan fingerprint density at radius 3 is 2.72 bits per heavy atom. The van der Waals surface area contributed by atoms with Crippen LogP contribution in [-0.4, -0.2) is 13.9 Å². The summed E-state index contributed by atoms with van der Waals surface area (Å²) in [7, 11) is 0. The highest BCUT2D eigenvalue weighted by molar-refractivity contribution is 14.1. The third kappa shape index (κ3) is 3.18. The zero-order chi connectivity index (χ0) is 17.4. The number of amides is 1. The van der Waals surface area contributed by atoms with E-state index in [0.29, 0.717) is 12.0 Å². The van der Waals surface area contributed by atoms with E-state index in [-0.39, 0.29) is 18.3 Å². The summed E-state index contributed by atoms with van der Waals surface area (Å²) < 4.78 is 16.3. The summed E-state index contributed by atoms with van der Waals surface area (Å²) in [6.45, 7) is 0.244. The van der Waals surface area contributed by atoms with E-state index < -0.39 is 0 Å². The molecule has 0 atom stereocenters. The lowest BCUT2D eigenvalue weighted by atomic mass is 10.00. The molecule has 0 saturated carbocycles. The number of fused-ring (bicyclic) bond motifs is 1. The van der Waals surface area contributed by atoms with Gasteiger partial charge in [0, 0.05) is 29.4 Å². The second-order valence-electron chi connectivity index (χ2n) is 6.03. The van der Waals surface area contributed by atoms with E-state index in [1.807, 2.05) is 59.4 Å². The molecule has 0 radical (unpaired) electrons. The van der Waals surface area contributed by atoms with Crippen LogP contribution in [0.5, 0.6) is 0 Å². The second kappa shape index (κ2) is 6.59. The number of hydrogen-bond acceptors (Lipinski definition) is 2. The lowest BCUT2D eigenvalue weighted by Crippen LogP contribution is -2.34. The average molecular weight is 447 g/mol. The van der Waals surface area contributed by atoms with Crippen LogP contribution in [0.15, 0.2) is 54.9 Å². The molecule has 0 fully saturated rings. The summed E-state index contributed by atoms with van der Waals surface area (Å²) in [5.74, 6) is -0.275. The van der Waals surface area contributed by atoms with Gasteiger partial charge < -0.3 is 4.90 Å². The number of para-hydroxylation sites is 1. The molecule has 6 heteroatoms. The van der Waals surface area contributed by atoms with E-state index in [1.165, 1.54) is 6.07 Å². The molecular formula is C19H15FIN3O. The van der Waals surface area contributed by atoms with Gasteiger partial charge in [-0.1, -0.05) is 30.3 Å². The van der Waals surface area contributed by atoms with Gasteiger partial charge in [0.25, 0.3) is 0 Å². The van der Waals surface area contributed by atoms with Gasteiger partial charge in [-0.05, 0) is 29.7 Å². The van der Waals surface area contributed by atoms with Crippen molar-refractivity contribution in [3.8, 4) is 11.1 Å². The predicted molar refractivity (Wildman–Crippen MR) is 103 cm³/mol. The molecule has 3 aromatic rings. The molecule has 1 aliphatic rings. The summed E-state index contributed by atoms with van der Waals surface area (Å²) in [5.41, 5.74) is 4.16. The summed E-state index contributed by atoms with van der Waals surface area (Å²) in [6.07, 6.45) is 4.74. The molecule has 4 nitrogen and oxygen atoms in total. The number of benzene rings is 2. The van der Waals surface area contributed by atoms with Crippen molar-refractivity contribution in [3.05, 3.63) is 71.8 Å². The highest BCUT2D eigenvalue weighted by Crippen LogP contribution is 2.30. The van der Waals surface area contributed by atoms with Crippen molar-refractivity contribution in [3.63, 3.8) is 0 Å². The molecule has 0 bridgehead atoms. The number of aryl methyl sites for hydroxylation is 1. The van der Waals surface area contributed by atoms with Crippen molar-refractivity contribution in [1.82, 2.24) is 7.99 Å². The first-order valence-corrected chi connectivity index (χ1v) is 8.96. The van der Waals surface area contributed by atoms with Crippen LogP contribution in [0.4, 0.5) is 10.1 Å². The van der Waals surface area contributed by atoms with Crippen LogP contribution in [0.2, 0.25) is 0 Å². The van der Waals surface area contributed by atoms with E-state index >= 15 is 0 Å². The van der Waals surface area contributed by atoms with Crippen molar-refractivity contribution in [1.29, 1.82) is 0 Å². The van der Waals surface area contributed by atoms with Crippen LogP contribution < -0.4 is 4.90 Å². The quantitative estimate of drug-likeness (QED) is 0.560. The molecule has 126 valence electrons. The van der Waals surface area contributed by atoms with Gasteiger partial charge in [-0.3, -0.25) is 4.79 Å². The fourth-order valence-corrected chi connectivity index (χ4v) is 3.57. The maximum Gasteiger partial charge on any atom is 0.227 e. The summed E-state index contributed by atoms with van der Waals surface area (Å²) in [6, 6.07) is 12.9. The highest BCUT2D eigenvalue weighted by atomic mass is 127. The number of anilines is 1. The normalized spacial score (nSPS) is 13.8. The zero-order valence-corrected chi connectivity index (χ0v) is 15.5. The van der Waals surface area contributed by atoms with Crippen LogP contribution in [0, 0.1) is 5.82 Å². The van der Waals surface area contributed by atoms with E-state index in [4.69, 9.17) is 0 Å². The van der Waals surface area contributed by atoms with Crippen molar-refractivity contribution >= 4 is 34.5 Å². The molecule has 1 aromatic heterocycles. The molecule has 25 heavy (non-hydrogen) atoms. The molecular weight excluding hydrogens is 432 g/mol. The standard InChI is InChI=1S/C19H15FIN3O/c20-17-9-14(16-10-22-24(21)12-16)5-6-15(17)11-23-18-4-2-1-3-13(18)7-8-19(23)25/h1-6,9-10,12H,7-8,11H2. The first kappa shape index (κ1) is 16.3. The lowest BCUT2D eigenvalue weighted by Gasteiger charge is -2.29. The Bertz CT molecular complexity index is 953. The molecule has 4 rings (SSSR count). The van der Waals surface area contributed by atoms with E-state index in [2.05, 4.69) is 5.10 Å². The maximum absolute atomic E-state index is 14.6. The third-order valence-electron chi connectivity index (χ3n) is 4.46. The van der Waals surface area contributed by atoms with Crippen molar-refractivity contribution in [2.24, 2.45) is 0 Å². The van der Waals surface area contributed by atoms with Crippen molar-refractivity contribution in [2.45, 2.75) is 19.4 Å². The largest absolute Gasteiger partial charge is 0.308 e. The first-order valence-electron chi connectivity index (χ1n) is 8.00. The topological polar surface area (TPSA) is 38.1 Å². The minimum Gasteiger partial charge on any atom is -0.308 e. The molecule has 2 heterocycles. The third-order valence-corrected chi connectivity index (χ3v) is 4.99. The lowest BCUT2D eigenvalue weighted by molar-refractivity contribution is -0.119. The fourth-order valence-electron chi connectivity index (χ4n) is 3.14. The molecule has 0 aliphatic carbocycles. The van der Waals surface area contributed by atoms with Crippen LogP contribution in [-0.2, 0) is 17.8 Å². The van der Waals surface area contributed by atoms with Crippen molar-refractivity contribution in [2.75, 3.05) is 4.90 Å². The fraction of sp³-hybridized carbons (Fsp3) is 0.158. The van der Waals surface area contributed by atoms with Gasteiger partial charge in [-0.15, -0.1) is 0 Å². The van der Waals surface area contributed by atoms with Crippen LogP contribution >= 0.6 is 22.9 Å². The molecule has 1 aliphatic heterocycles. The number of rotatable bonds is 3. The average Bonchev–Trinajstić information content (AvgIpc) is 3.05. The summed E-state index contributed by atoms with van der Waals surface area (Å²) >= 11 is 2.05. The SMILES string of the molecule is O=C1CCc2ccccc2N1Cc1ccc(-c2cnn(I)c2)cc1F. The van der Waals surface area contributed by atoms with E-state index in [0.717, 1.165) is 28.8 Å². The van der Waals surface area contributed by atoms with E-state index in [9.17, 15) is 9.18 Å². The van der Waals surface area contributed by atoms with Gasteiger partial charge in [0.1, 0.15) is 5.82 Å². The van der Waals surface area contributed by atoms with Crippen molar-refractivity contribution < 1.29 is 9.18 Å². The van der Waals surface area contributed by atoms with Gasteiger partial charge in [-0.25, -0.2) is 7.29 Å². The Hall–Kier alpha value is -2.22. The first-order chi connectivity index (χ1) is 12.1. The predicted octanol–water partition coefficient (Wildman–Crippen LogP) is 4.37. The Balaban J connectivity index is 1.64. The molecule has 0 saturated heterocycles. The Morgan fingerprint density at radius 2 is 1.96 bits per heavy atom. The Labute approximate surface area is 158 Å². The summed E-state index contributed by atoms with van der Waals surface area (Å²) in [4.78, 5) is 14.0. The van der Waals surface area contributed by atoms with Crippen LogP contribution in [0.3, 0.4) is 0 Å². The molecule has 0 N–H and O–H groups in total.